The van der Waals surface area contributed by atoms with Gasteiger partial charge in [0.2, 0.25) is 0 Å². The maximum absolute atomic E-state index is 11.8. The topological polar surface area (TPSA) is 113 Å². The fraction of sp³-hybridized carbons (Fsp3) is 0.385. The molecule has 0 fully saturated rings. The minimum absolute atomic E-state index is 0.0286. The minimum Gasteiger partial charge on any atom is -0.480 e. The van der Waals surface area contributed by atoms with E-state index in [1.807, 2.05) is 0 Å². The molecule has 2 N–H and O–H groups in total. The quantitative estimate of drug-likeness (QED) is 0.611. The molecule has 2 amide bonds. The number of amides is 2. The number of nitro groups is 1. The van der Waals surface area contributed by atoms with Crippen LogP contribution in [0.3, 0.4) is 0 Å². The number of urea groups is 1. The molecule has 8 nitrogen and oxygen atoms in total. The molecular formula is C13H17N3O5. The number of carboxylic acids is 1. The van der Waals surface area contributed by atoms with Crippen LogP contribution < -0.4 is 5.32 Å². The number of carbonyl (C=O) groups excluding carboxylic acids is 1. The van der Waals surface area contributed by atoms with Gasteiger partial charge >= 0.3 is 12.0 Å². The molecule has 1 aromatic carbocycles. The zero-order chi connectivity index (χ0) is 16.0. The number of non-ortho nitro benzene ring substituents is 1. The van der Waals surface area contributed by atoms with Crippen molar-refractivity contribution in [3.05, 3.63) is 39.9 Å². The van der Waals surface area contributed by atoms with E-state index in [0.29, 0.717) is 12.0 Å². The second-order valence-electron chi connectivity index (χ2n) is 4.46. The molecule has 8 heteroatoms. The van der Waals surface area contributed by atoms with Crippen LogP contribution in [-0.2, 0) is 11.3 Å². The largest absolute Gasteiger partial charge is 0.480 e. The molecule has 0 aromatic heterocycles. The first-order valence-electron chi connectivity index (χ1n) is 6.33. The molecular weight excluding hydrogens is 278 g/mol. The molecule has 0 aliphatic heterocycles. The van der Waals surface area contributed by atoms with Crippen LogP contribution in [0.5, 0.6) is 0 Å². The van der Waals surface area contributed by atoms with Gasteiger partial charge in [0.25, 0.3) is 5.69 Å². The van der Waals surface area contributed by atoms with Crippen molar-refractivity contribution < 1.29 is 19.6 Å². The van der Waals surface area contributed by atoms with Crippen LogP contribution in [-0.4, -0.2) is 40.0 Å². The number of aliphatic carboxylic acids is 1. The zero-order valence-electron chi connectivity index (χ0n) is 11.8. The predicted octanol–water partition coefficient (Wildman–Crippen LogP) is 1.60. The Labute approximate surface area is 121 Å². The lowest BCUT2D eigenvalue weighted by molar-refractivity contribution is -0.384. The third-order valence-electron chi connectivity index (χ3n) is 3.05. The van der Waals surface area contributed by atoms with Gasteiger partial charge in [0, 0.05) is 25.7 Å². The summed E-state index contributed by atoms with van der Waals surface area (Å²) in [5.41, 5.74) is 0.657. The Morgan fingerprint density at radius 3 is 2.38 bits per heavy atom. The summed E-state index contributed by atoms with van der Waals surface area (Å²) in [4.78, 5) is 33.9. The van der Waals surface area contributed by atoms with Crippen molar-refractivity contribution in [1.82, 2.24) is 10.2 Å². The van der Waals surface area contributed by atoms with E-state index < -0.39 is 23.0 Å². The van der Waals surface area contributed by atoms with Crippen molar-refractivity contribution in [3.8, 4) is 0 Å². The normalized spacial score (nSPS) is 11.5. The van der Waals surface area contributed by atoms with Crippen LogP contribution in [0.1, 0.15) is 18.9 Å². The highest BCUT2D eigenvalue weighted by Crippen LogP contribution is 2.11. The molecule has 0 heterocycles. The predicted molar refractivity (Wildman–Crippen MR) is 74.8 cm³/mol. The van der Waals surface area contributed by atoms with Gasteiger partial charge in [-0.15, -0.1) is 0 Å². The van der Waals surface area contributed by atoms with E-state index in [0.717, 1.165) is 4.90 Å². The number of rotatable bonds is 6. The molecule has 0 radical (unpaired) electrons. The summed E-state index contributed by atoms with van der Waals surface area (Å²) in [5.74, 6) is -1.06. The summed E-state index contributed by atoms with van der Waals surface area (Å²) in [6, 6.07) is 4.36. The van der Waals surface area contributed by atoms with Crippen LogP contribution in [0.15, 0.2) is 24.3 Å². The molecule has 0 saturated heterocycles. The summed E-state index contributed by atoms with van der Waals surface area (Å²) in [6.07, 6.45) is 0.302. The van der Waals surface area contributed by atoms with Crippen molar-refractivity contribution in [2.75, 3.05) is 7.05 Å². The summed E-state index contributed by atoms with van der Waals surface area (Å²) >= 11 is 0. The minimum atomic E-state index is -1.06. The van der Waals surface area contributed by atoms with E-state index in [9.17, 15) is 19.7 Å². The SMILES string of the molecule is CCC(C(=O)O)N(C)C(=O)NCc1ccc([N+](=O)[O-])cc1. The molecule has 0 bridgehead atoms. The number of nitrogens with zero attached hydrogens (tertiary/aromatic N) is 2. The Morgan fingerprint density at radius 2 is 1.95 bits per heavy atom. The van der Waals surface area contributed by atoms with E-state index in [1.54, 1.807) is 6.92 Å². The molecule has 0 aliphatic carbocycles. The third-order valence-corrected chi connectivity index (χ3v) is 3.05. The number of hydrogen-bond donors (Lipinski definition) is 2. The van der Waals surface area contributed by atoms with E-state index in [1.165, 1.54) is 31.3 Å². The summed E-state index contributed by atoms with van der Waals surface area (Å²) in [6.45, 7) is 1.84. The van der Waals surface area contributed by atoms with Gasteiger partial charge in [0.1, 0.15) is 6.04 Å². The number of hydrogen-bond acceptors (Lipinski definition) is 4. The lowest BCUT2D eigenvalue weighted by atomic mass is 10.2. The first-order valence-corrected chi connectivity index (χ1v) is 6.33. The standard InChI is InChI=1S/C13H17N3O5/c1-3-11(12(17)18)15(2)13(19)14-8-9-4-6-10(7-5-9)16(20)21/h4-7,11H,3,8H2,1-2H3,(H,14,19)(H,17,18). The molecule has 1 atom stereocenters. The van der Waals surface area contributed by atoms with Crippen LogP contribution in [0.2, 0.25) is 0 Å². The number of nitro benzene ring substituents is 1. The average molecular weight is 295 g/mol. The maximum atomic E-state index is 11.8. The molecule has 0 spiro atoms. The van der Waals surface area contributed by atoms with E-state index >= 15 is 0 Å². The van der Waals surface area contributed by atoms with E-state index in [-0.39, 0.29) is 12.2 Å². The number of carboxylic acid groups (broad SMARTS) is 1. The van der Waals surface area contributed by atoms with Crippen LogP contribution in [0, 0.1) is 10.1 Å². The number of benzene rings is 1. The van der Waals surface area contributed by atoms with Crippen molar-refractivity contribution in [2.45, 2.75) is 25.9 Å². The number of likely N-dealkylation sites (N-methyl/N-ethyl adjacent to an activating group) is 1. The second-order valence-corrected chi connectivity index (χ2v) is 4.46. The molecule has 21 heavy (non-hydrogen) atoms. The molecule has 1 rings (SSSR count). The molecule has 0 aliphatic rings. The highest BCUT2D eigenvalue weighted by molar-refractivity contribution is 5.82. The van der Waals surface area contributed by atoms with Gasteiger partial charge in [-0.3, -0.25) is 10.1 Å². The molecule has 1 unspecified atom stereocenters. The third kappa shape index (κ3) is 4.44. The molecule has 0 saturated carbocycles. The fourth-order valence-corrected chi connectivity index (χ4v) is 1.79. The highest BCUT2D eigenvalue weighted by Gasteiger charge is 2.24. The number of nitrogens with one attached hydrogen (secondary N) is 1. The summed E-state index contributed by atoms with van der Waals surface area (Å²) in [5, 5.41) is 22.1. The summed E-state index contributed by atoms with van der Waals surface area (Å²) < 4.78 is 0. The van der Waals surface area contributed by atoms with Gasteiger partial charge in [-0.1, -0.05) is 19.1 Å². The molecule has 114 valence electrons. The first kappa shape index (κ1) is 16.4. The van der Waals surface area contributed by atoms with Crippen molar-refractivity contribution in [1.29, 1.82) is 0 Å². The second kappa shape index (κ2) is 7.22. The Morgan fingerprint density at radius 1 is 1.38 bits per heavy atom. The lowest BCUT2D eigenvalue weighted by Gasteiger charge is -2.24. The molecule has 1 aromatic rings. The van der Waals surface area contributed by atoms with Gasteiger partial charge in [0.15, 0.2) is 0 Å². The first-order chi connectivity index (χ1) is 9.86. The van der Waals surface area contributed by atoms with Crippen molar-refractivity contribution >= 4 is 17.7 Å². The van der Waals surface area contributed by atoms with Gasteiger partial charge in [-0.2, -0.15) is 0 Å². The van der Waals surface area contributed by atoms with E-state index in [2.05, 4.69) is 5.32 Å². The zero-order valence-corrected chi connectivity index (χ0v) is 11.8. The van der Waals surface area contributed by atoms with Crippen LogP contribution >= 0.6 is 0 Å². The Kier molecular flexibility index (Phi) is 5.65. The van der Waals surface area contributed by atoms with Gasteiger partial charge < -0.3 is 15.3 Å². The van der Waals surface area contributed by atoms with Gasteiger partial charge in [0.05, 0.1) is 4.92 Å². The van der Waals surface area contributed by atoms with Crippen LogP contribution in [0.25, 0.3) is 0 Å². The summed E-state index contributed by atoms with van der Waals surface area (Å²) in [7, 11) is 1.41. The van der Waals surface area contributed by atoms with Crippen molar-refractivity contribution in [2.24, 2.45) is 0 Å². The fourth-order valence-electron chi connectivity index (χ4n) is 1.79. The lowest BCUT2D eigenvalue weighted by Crippen LogP contribution is -2.46. The smallest absolute Gasteiger partial charge is 0.326 e. The maximum Gasteiger partial charge on any atom is 0.326 e. The van der Waals surface area contributed by atoms with E-state index in [4.69, 9.17) is 5.11 Å². The Balaban J connectivity index is 2.60. The van der Waals surface area contributed by atoms with Gasteiger partial charge in [-0.25, -0.2) is 9.59 Å². The Hall–Kier alpha value is -2.64. The monoisotopic (exact) mass is 295 g/mol. The highest BCUT2D eigenvalue weighted by atomic mass is 16.6. The average Bonchev–Trinajstić information content (AvgIpc) is 2.45. The Bertz CT molecular complexity index is 529. The van der Waals surface area contributed by atoms with Crippen molar-refractivity contribution in [3.63, 3.8) is 0 Å². The van der Waals surface area contributed by atoms with Crippen LogP contribution in [0.4, 0.5) is 10.5 Å². The number of carbonyl (C=O) groups is 2. The van der Waals surface area contributed by atoms with Gasteiger partial charge in [-0.05, 0) is 12.0 Å².